The highest BCUT2D eigenvalue weighted by atomic mass is 35.5. The number of methoxy groups -OCH3 is 1. The van der Waals surface area contributed by atoms with Gasteiger partial charge in [0, 0.05) is 18.7 Å². The van der Waals surface area contributed by atoms with E-state index in [1.54, 1.807) is 7.11 Å². The Labute approximate surface area is 105 Å². The largest absolute Gasteiger partial charge is 0.384 e. The third-order valence-corrected chi connectivity index (χ3v) is 2.80. The molecule has 4 heteroatoms. The molecule has 0 radical (unpaired) electrons. The van der Waals surface area contributed by atoms with Crippen LogP contribution < -0.4 is 0 Å². The van der Waals surface area contributed by atoms with Gasteiger partial charge in [0.05, 0.1) is 18.2 Å². The molecular weight excluding hydrogens is 238 g/mol. The third-order valence-electron chi connectivity index (χ3n) is 2.53. The molecule has 17 heavy (non-hydrogen) atoms. The Morgan fingerprint density at radius 2 is 2.06 bits per heavy atom. The van der Waals surface area contributed by atoms with Gasteiger partial charge in [-0.25, -0.2) is 0 Å². The van der Waals surface area contributed by atoms with Crippen molar-refractivity contribution < 1.29 is 9.26 Å². The van der Waals surface area contributed by atoms with Crippen LogP contribution in [0.4, 0.5) is 0 Å². The van der Waals surface area contributed by atoms with Crippen LogP contribution >= 0.6 is 11.6 Å². The quantitative estimate of drug-likeness (QED) is 0.765. The minimum absolute atomic E-state index is 0.370. The normalized spacial score (nSPS) is 10.7. The number of benzene rings is 1. The summed E-state index contributed by atoms with van der Waals surface area (Å²) in [6, 6.07) is 10.0. The van der Waals surface area contributed by atoms with Gasteiger partial charge in [-0.3, -0.25) is 0 Å². The molecule has 0 aliphatic heterocycles. The van der Waals surface area contributed by atoms with Gasteiger partial charge in [0.25, 0.3) is 0 Å². The first kappa shape index (κ1) is 12.1. The molecule has 0 aliphatic carbocycles. The zero-order valence-electron chi connectivity index (χ0n) is 9.65. The highest BCUT2D eigenvalue weighted by Crippen LogP contribution is 2.21. The minimum atomic E-state index is 0.370. The van der Waals surface area contributed by atoms with E-state index in [-0.39, 0.29) is 0 Å². The summed E-state index contributed by atoms with van der Waals surface area (Å²) in [5, 5.41) is 3.86. The molecule has 0 bridgehead atoms. The molecule has 3 nitrogen and oxygen atoms in total. The van der Waals surface area contributed by atoms with E-state index < -0.39 is 0 Å². The van der Waals surface area contributed by atoms with Crippen molar-refractivity contribution >= 4 is 11.6 Å². The molecule has 2 rings (SSSR count). The van der Waals surface area contributed by atoms with Crippen molar-refractivity contribution in [3.63, 3.8) is 0 Å². The predicted octanol–water partition coefficient (Wildman–Crippen LogP) is 3.27. The Bertz CT molecular complexity index is 465. The summed E-state index contributed by atoms with van der Waals surface area (Å²) in [6.07, 6.45) is 0.917. The number of hydrogen-bond donors (Lipinski definition) is 0. The van der Waals surface area contributed by atoms with Gasteiger partial charge in [0.15, 0.2) is 5.76 Å². The zero-order chi connectivity index (χ0) is 12.1. The van der Waals surface area contributed by atoms with E-state index in [1.807, 2.05) is 18.2 Å². The van der Waals surface area contributed by atoms with Crippen LogP contribution in [-0.2, 0) is 17.0 Å². The van der Waals surface area contributed by atoms with Crippen molar-refractivity contribution in [1.82, 2.24) is 5.16 Å². The Kier molecular flexibility index (Phi) is 4.18. The number of hydrogen-bond acceptors (Lipinski definition) is 3. The minimum Gasteiger partial charge on any atom is -0.384 e. The van der Waals surface area contributed by atoms with E-state index in [1.165, 1.54) is 5.56 Å². The van der Waals surface area contributed by atoms with Gasteiger partial charge in [0.2, 0.25) is 0 Å². The van der Waals surface area contributed by atoms with Gasteiger partial charge in [-0.2, -0.15) is 0 Å². The summed E-state index contributed by atoms with van der Waals surface area (Å²) >= 11 is 5.67. The maximum atomic E-state index is 5.67. The van der Waals surface area contributed by atoms with Gasteiger partial charge < -0.3 is 9.26 Å². The van der Waals surface area contributed by atoms with Crippen molar-refractivity contribution in [2.45, 2.75) is 12.3 Å². The lowest BCUT2D eigenvalue weighted by molar-refractivity contribution is 0.202. The van der Waals surface area contributed by atoms with Crippen LogP contribution in [0.1, 0.15) is 11.3 Å². The fraction of sp³-hybridized carbons (Fsp3) is 0.308. The topological polar surface area (TPSA) is 35.3 Å². The van der Waals surface area contributed by atoms with Crippen LogP contribution in [0.25, 0.3) is 11.3 Å². The number of ether oxygens (including phenoxy) is 1. The fourth-order valence-corrected chi connectivity index (χ4v) is 1.69. The number of alkyl halides is 1. The molecule has 0 atom stereocenters. The van der Waals surface area contributed by atoms with Crippen LogP contribution in [0.3, 0.4) is 0 Å². The van der Waals surface area contributed by atoms with Crippen molar-refractivity contribution in [1.29, 1.82) is 0 Å². The van der Waals surface area contributed by atoms with E-state index >= 15 is 0 Å². The molecule has 0 unspecified atom stereocenters. The fourth-order valence-electron chi connectivity index (χ4n) is 1.57. The monoisotopic (exact) mass is 251 g/mol. The highest BCUT2D eigenvalue weighted by molar-refractivity contribution is 6.16. The summed E-state index contributed by atoms with van der Waals surface area (Å²) in [7, 11) is 1.70. The molecule has 0 saturated carbocycles. The van der Waals surface area contributed by atoms with Crippen molar-refractivity contribution in [3.05, 3.63) is 41.6 Å². The maximum absolute atomic E-state index is 5.67. The lowest BCUT2D eigenvalue weighted by atomic mass is 10.1. The average Bonchev–Trinajstić information content (AvgIpc) is 2.86. The van der Waals surface area contributed by atoms with Gasteiger partial charge >= 0.3 is 0 Å². The molecule has 0 aliphatic rings. The second-order valence-electron chi connectivity index (χ2n) is 3.76. The summed E-state index contributed by atoms with van der Waals surface area (Å²) < 4.78 is 10.2. The molecule has 0 amide bonds. The lowest BCUT2D eigenvalue weighted by Gasteiger charge is -2.01. The van der Waals surface area contributed by atoms with E-state index in [0.717, 1.165) is 30.0 Å². The van der Waals surface area contributed by atoms with E-state index in [9.17, 15) is 0 Å². The lowest BCUT2D eigenvalue weighted by Crippen LogP contribution is -1.93. The Morgan fingerprint density at radius 3 is 2.65 bits per heavy atom. The van der Waals surface area contributed by atoms with E-state index in [4.69, 9.17) is 20.9 Å². The molecular formula is C13H14ClNO2. The van der Waals surface area contributed by atoms with Gasteiger partial charge in [0.1, 0.15) is 0 Å². The Morgan fingerprint density at radius 1 is 1.29 bits per heavy atom. The Hall–Kier alpha value is -1.32. The zero-order valence-corrected chi connectivity index (χ0v) is 10.4. The second kappa shape index (κ2) is 5.84. The number of nitrogens with zero attached hydrogens (tertiary/aromatic N) is 1. The molecule has 0 saturated heterocycles. The van der Waals surface area contributed by atoms with Crippen LogP contribution in [0.2, 0.25) is 0 Å². The Balaban J connectivity index is 2.11. The molecule has 0 fully saturated rings. The second-order valence-corrected chi connectivity index (χ2v) is 4.02. The molecule has 1 aromatic carbocycles. The standard InChI is InChI=1S/C13H14ClNO2/c1-16-7-6-10-2-4-11(5-3-10)13-8-12(9-14)15-17-13/h2-5,8H,6-7,9H2,1H3. The van der Waals surface area contributed by atoms with Crippen LogP contribution in [-0.4, -0.2) is 18.9 Å². The van der Waals surface area contributed by atoms with E-state index in [2.05, 4.69) is 17.3 Å². The molecule has 90 valence electrons. The summed E-state index contributed by atoms with van der Waals surface area (Å²) in [6.45, 7) is 0.734. The van der Waals surface area contributed by atoms with E-state index in [0.29, 0.717) is 5.88 Å². The van der Waals surface area contributed by atoms with Crippen molar-refractivity contribution in [2.24, 2.45) is 0 Å². The predicted molar refractivity (Wildman–Crippen MR) is 67.1 cm³/mol. The number of aromatic nitrogens is 1. The molecule has 2 aromatic rings. The number of halogens is 1. The van der Waals surface area contributed by atoms with Gasteiger partial charge in [-0.05, 0) is 12.0 Å². The summed E-state index contributed by atoms with van der Waals surface area (Å²) in [5.74, 6) is 1.12. The SMILES string of the molecule is COCCc1ccc(-c2cc(CCl)no2)cc1. The molecule has 0 spiro atoms. The van der Waals surface area contributed by atoms with Gasteiger partial charge in [-0.15, -0.1) is 11.6 Å². The first-order chi connectivity index (χ1) is 8.33. The van der Waals surface area contributed by atoms with Crippen LogP contribution in [0, 0.1) is 0 Å². The molecule has 1 aromatic heterocycles. The average molecular weight is 252 g/mol. The molecule has 1 heterocycles. The highest BCUT2D eigenvalue weighted by Gasteiger charge is 2.05. The van der Waals surface area contributed by atoms with Gasteiger partial charge in [-0.1, -0.05) is 29.4 Å². The smallest absolute Gasteiger partial charge is 0.167 e. The van der Waals surface area contributed by atoms with Crippen LogP contribution in [0.15, 0.2) is 34.9 Å². The molecule has 0 N–H and O–H groups in total. The van der Waals surface area contributed by atoms with Crippen LogP contribution in [0.5, 0.6) is 0 Å². The third kappa shape index (κ3) is 3.08. The first-order valence-electron chi connectivity index (χ1n) is 5.43. The summed E-state index contributed by atoms with van der Waals surface area (Å²) in [4.78, 5) is 0. The first-order valence-corrected chi connectivity index (χ1v) is 5.96. The van der Waals surface area contributed by atoms with Crippen molar-refractivity contribution in [3.8, 4) is 11.3 Å². The van der Waals surface area contributed by atoms with Crippen molar-refractivity contribution in [2.75, 3.05) is 13.7 Å². The summed E-state index contributed by atoms with van der Waals surface area (Å²) in [5.41, 5.74) is 3.01. The maximum Gasteiger partial charge on any atom is 0.167 e. The number of rotatable bonds is 5.